The second-order valence-electron chi connectivity index (χ2n) is 5.17. The van der Waals surface area contributed by atoms with Gasteiger partial charge in [0.15, 0.2) is 0 Å². The summed E-state index contributed by atoms with van der Waals surface area (Å²) < 4.78 is 0. The van der Waals surface area contributed by atoms with Crippen LogP contribution in [-0.4, -0.2) is 35.1 Å². The molecule has 0 radical (unpaired) electrons. The number of benzene rings is 1. The molecule has 4 nitrogen and oxygen atoms in total. The van der Waals surface area contributed by atoms with Gasteiger partial charge in [0.05, 0.1) is 12.6 Å². The van der Waals surface area contributed by atoms with E-state index in [0.29, 0.717) is 13.1 Å². The third-order valence-corrected chi connectivity index (χ3v) is 3.88. The molecular formula is C15H22N2O2. The van der Waals surface area contributed by atoms with E-state index >= 15 is 0 Å². The lowest BCUT2D eigenvalue weighted by atomic mass is 9.97. The summed E-state index contributed by atoms with van der Waals surface area (Å²) in [5.74, 6) is 0.300. The number of para-hydroxylation sites is 1. The van der Waals surface area contributed by atoms with Gasteiger partial charge in [-0.1, -0.05) is 38.5 Å². The van der Waals surface area contributed by atoms with Crippen LogP contribution in [0.15, 0.2) is 24.3 Å². The van der Waals surface area contributed by atoms with Crippen molar-refractivity contribution in [2.75, 3.05) is 18.5 Å². The number of aliphatic hydroxyl groups is 1. The van der Waals surface area contributed by atoms with Gasteiger partial charge in [-0.3, -0.25) is 9.69 Å². The van der Waals surface area contributed by atoms with Crippen LogP contribution in [0.4, 0.5) is 5.69 Å². The smallest absolute Gasteiger partial charge is 0.242 e. The van der Waals surface area contributed by atoms with Crippen LogP contribution in [-0.2, 0) is 11.3 Å². The number of hydrogen-bond acceptors (Lipinski definition) is 3. The molecule has 0 saturated carbocycles. The Kier molecular flexibility index (Phi) is 4.56. The summed E-state index contributed by atoms with van der Waals surface area (Å²) >= 11 is 0. The largest absolute Gasteiger partial charge is 0.395 e. The second kappa shape index (κ2) is 6.17. The highest BCUT2D eigenvalue weighted by Crippen LogP contribution is 2.26. The summed E-state index contributed by atoms with van der Waals surface area (Å²) in [5, 5.41) is 12.3. The average molecular weight is 262 g/mol. The summed E-state index contributed by atoms with van der Waals surface area (Å²) in [4.78, 5) is 14.5. The molecule has 1 aromatic carbocycles. The predicted molar refractivity (Wildman–Crippen MR) is 75.8 cm³/mol. The first-order valence-electron chi connectivity index (χ1n) is 6.91. The molecule has 1 unspecified atom stereocenters. The van der Waals surface area contributed by atoms with E-state index in [1.165, 1.54) is 0 Å². The van der Waals surface area contributed by atoms with Gasteiger partial charge in [0.2, 0.25) is 5.91 Å². The summed E-state index contributed by atoms with van der Waals surface area (Å²) in [6.07, 6.45) is 0.941. The van der Waals surface area contributed by atoms with Crippen LogP contribution >= 0.6 is 0 Å². The molecule has 0 saturated heterocycles. The van der Waals surface area contributed by atoms with Gasteiger partial charge in [-0.15, -0.1) is 0 Å². The summed E-state index contributed by atoms with van der Waals surface area (Å²) in [6.45, 7) is 5.47. The minimum absolute atomic E-state index is 0.0350. The van der Waals surface area contributed by atoms with Crippen molar-refractivity contribution in [2.24, 2.45) is 5.92 Å². The third kappa shape index (κ3) is 2.96. The molecule has 0 aliphatic carbocycles. The van der Waals surface area contributed by atoms with E-state index in [9.17, 15) is 9.90 Å². The maximum Gasteiger partial charge on any atom is 0.242 e. The number of β-amino-alcohol motifs (C(OH)–C–C–N with tert-alkyl or cyclic N) is 1. The first-order chi connectivity index (χ1) is 9.17. The average Bonchev–Trinajstić information content (AvgIpc) is 2.54. The van der Waals surface area contributed by atoms with E-state index in [-0.39, 0.29) is 24.5 Å². The molecule has 4 heteroatoms. The van der Waals surface area contributed by atoms with Crippen LogP contribution < -0.4 is 5.32 Å². The number of anilines is 1. The van der Waals surface area contributed by atoms with Crippen molar-refractivity contribution < 1.29 is 9.90 Å². The SMILES string of the molecule is CC[C@H](C)C1C(=O)Nc2ccccc2CN1CCO. The number of fused-ring (bicyclic) bond motifs is 1. The van der Waals surface area contributed by atoms with Crippen LogP contribution in [0.2, 0.25) is 0 Å². The number of rotatable bonds is 4. The van der Waals surface area contributed by atoms with Crippen LogP contribution in [0.5, 0.6) is 0 Å². The first kappa shape index (κ1) is 14.0. The monoisotopic (exact) mass is 262 g/mol. The molecule has 0 bridgehead atoms. The van der Waals surface area contributed by atoms with Crippen LogP contribution in [0.1, 0.15) is 25.8 Å². The highest BCUT2D eigenvalue weighted by atomic mass is 16.3. The molecule has 1 aliphatic heterocycles. The molecule has 1 aliphatic rings. The quantitative estimate of drug-likeness (QED) is 0.870. The molecule has 0 aromatic heterocycles. The Balaban J connectivity index is 2.33. The molecule has 1 heterocycles. The fourth-order valence-corrected chi connectivity index (χ4v) is 2.66. The van der Waals surface area contributed by atoms with Crippen LogP contribution in [0.25, 0.3) is 0 Å². The summed E-state index contributed by atoms with van der Waals surface area (Å²) in [6, 6.07) is 7.69. The van der Waals surface area contributed by atoms with Gasteiger partial charge in [-0.2, -0.15) is 0 Å². The highest BCUT2D eigenvalue weighted by Gasteiger charge is 2.33. The molecule has 0 fully saturated rings. The van der Waals surface area contributed by atoms with Crippen LogP contribution in [0, 0.1) is 5.92 Å². The van der Waals surface area contributed by atoms with Gasteiger partial charge < -0.3 is 10.4 Å². The summed E-state index contributed by atoms with van der Waals surface area (Å²) in [5.41, 5.74) is 2.00. The van der Waals surface area contributed by atoms with Gasteiger partial charge >= 0.3 is 0 Å². The Morgan fingerprint density at radius 2 is 2.21 bits per heavy atom. The summed E-state index contributed by atoms with van der Waals surface area (Å²) in [7, 11) is 0. The number of hydrogen-bond donors (Lipinski definition) is 2. The lowest BCUT2D eigenvalue weighted by Crippen LogP contribution is -2.47. The lowest BCUT2D eigenvalue weighted by Gasteiger charge is -2.31. The van der Waals surface area contributed by atoms with Gasteiger partial charge in [-0.05, 0) is 17.5 Å². The van der Waals surface area contributed by atoms with Crippen molar-refractivity contribution in [3.05, 3.63) is 29.8 Å². The minimum Gasteiger partial charge on any atom is -0.395 e. The molecule has 1 aromatic rings. The number of nitrogens with zero attached hydrogens (tertiary/aromatic N) is 1. The maximum absolute atomic E-state index is 12.4. The van der Waals surface area contributed by atoms with E-state index in [4.69, 9.17) is 0 Å². The van der Waals surface area contributed by atoms with Gasteiger partial charge in [0, 0.05) is 18.8 Å². The van der Waals surface area contributed by atoms with E-state index < -0.39 is 0 Å². The van der Waals surface area contributed by atoms with Crippen molar-refractivity contribution in [1.82, 2.24) is 4.90 Å². The van der Waals surface area contributed by atoms with Crippen molar-refractivity contribution in [1.29, 1.82) is 0 Å². The number of amides is 1. The molecule has 104 valence electrons. The van der Waals surface area contributed by atoms with E-state index in [0.717, 1.165) is 17.7 Å². The van der Waals surface area contributed by atoms with Gasteiger partial charge in [0.25, 0.3) is 0 Å². The van der Waals surface area contributed by atoms with Crippen molar-refractivity contribution in [2.45, 2.75) is 32.9 Å². The van der Waals surface area contributed by atoms with Gasteiger partial charge in [-0.25, -0.2) is 0 Å². The third-order valence-electron chi connectivity index (χ3n) is 3.88. The van der Waals surface area contributed by atoms with Crippen molar-refractivity contribution in [3.63, 3.8) is 0 Å². The zero-order valence-electron chi connectivity index (χ0n) is 11.6. The molecular weight excluding hydrogens is 240 g/mol. The Hall–Kier alpha value is -1.39. The zero-order valence-corrected chi connectivity index (χ0v) is 11.6. The Morgan fingerprint density at radius 3 is 2.89 bits per heavy atom. The number of carbonyl (C=O) groups is 1. The van der Waals surface area contributed by atoms with E-state index in [1.54, 1.807) is 0 Å². The number of nitrogens with one attached hydrogen (secondary N) is 1. The Bertz CT molecular complexity index is 448. The van der Waals surface area contributed by atoms with E-state index in [1.807, 2.05) is 24.3 Å². The van der Waals surface area contributed by atoms with Crippen LogP contribution in [0.3, 0.4) is 0 Å². The standard InChI is InChI=1S/C15H22N2O2/c1-3-11(2)14-15(19)16-13-7-5-4-6-12(13)10-17(14)8-9-18/h4-7,11,14,18H,3,8-10H2,1-2H3,(H,16,19)/t11-,14?/m0/s1. The predicted octanol–water partition coefficient (Wildman–Crippen LogP) is 1.85. The molecule has 2 rings (SSSR count). The fraction of sp³-hybridized carbons (Fsp3) is 0.533. The van der Waals surface area contributed by atoms with Gasteiger partial charge in [0.1, 0.15) is 0 Å². The topological polar surface area (TPSA) is 52.6 Å². The minimum atomic E-state index is -0.176. The normalized spacial score (nSPS) is 21.4. The molecule has 1 amide bonds. The highest BCUT2D eigenvalue weighted by molar-refractivity contribution is 5.96. The Morgan fingerprint density at radius 1 is 1.47 bits per heavy atom. The molecule has 0 spiro atoms. The molecule has 2 N–H and O–H groups in total. The maximum atomic E-state index is 12.4. The fourth-order valence-electron chi connectivity index (χ4n) is 2.66. The first-order valence-corrected chi connectivity index (χ1v) is 6.91. The lowest BCUT2D eigenvalue weighted by molar-refractivity contribution is -0.123. The van der Waals surface area contributed by atoms with Crippen molar-refractivity contribution in [3.8, 4) is 0 Å². The Labute approximate surface area is 114 Å². The number of aliphatic hydroxyl groups excluding tert-OH is 1. The van der Waals surface area contributed by atoms with E-state index in [2.05, 4.69) is 24.1 Å². The molecule has 2 atom stereocenters. The zero-order chi connectivity index (χ0) is 13.8. The molecule has 19 heavy (non-hydrogen) atoms. The second-order valence-corrected chi connectivity index (χ2v) is 5.17. The number of carbonyl (C=O) groups excluding carboxylic acids is 1. The van der Waals surface area contributed by atoms with Crippen molar-refractivity contribution >= 4 is 11.6 Å².